The van der Waals surface area contributed by atoms with E-state index in [4.69, 9.17) is 5.11 Å². The summed E-state index contributed by atoms with van der Waals surface area (Å²) >= 11 is 0. The topological polar surface area (TPSA) is 92.5 Å². The molecule has 2 aromatic carbocycles. The standard InChI is InChI=1S/C14H11FN2O4/c1-8-6-10(15)3-4-11(8)9-2-5-12(16-14(18)19)13(7-9)17(20)21/h2-7,16H,1H3,(H,18,19). The molecular weight excluding hydrogens is 279 g/mol. The van der Waals surface area contributed by atoms with Crippen LogP contribution in [-0.4, -0.2) is 16.1 Å². The number of amides is 1. The first kappa shape index (κ1) is 14.4. The van der Waals surface area contributed by atoms with Crippen LogP contribution in [0.1, 0.15) is 5.56 Å². The van der Waals surface area contributed by atoms with Gasteiger partial charge in [0.15, 0.2) is 0 Å². The summed E-state index contributed by atoms with van der Waals surface area (Å²) < 4.78 is 13.1. The van der Waals surface area contributed by atoms with Gasteiger partial charge in [-0.2, -0.15) is 0 Å². The van der Waals surface area contributed by atoms with E-state index in [2.05, 4.69) is 0 Å². The van der Waals surface area contributed by atoms with E-state index in [-0.39, 0.29) is 11.4 Å². The Hall–Kier alpha value is -2.96. The van der Waals surface area contributed by atoms with Crippen molar-refractivity contribution >= 4 is 17.5 Å². The summed E-state index contributed by atoms with van der Waals surface area (Å²) in [6.45, 7) is 1.69. The van der Waals surface area contributed by atoms with Gasteiger partial charge in [-0.05, 0) is 41.8 Å². The van der Waals surface area contributed by atoms with Crippen molar-refractivity contribution in [3.63, 3.8) is 0 Å². The second-order valence-corrected chi connectivity index (χ2v) is 4.38. The minimum absolute atomic E-state index is 0.115. The van der Waals surface area contributed by atoms with Crippen LogP contribution >= 0.6 is 0 Å². The summed E-state index contributed by atoms with van der Waals surface area (Å²) in [6, 6.07) is 8.21. The normalized spacial score (nSPS) is 10.2. The van der Waals surface area contributed by atoms with Gasteiger partial charge in [-0.1, -0.05) is 12.1 Å². The molecule has 0 bridgehead atoms. The number of nitrogens with zero attached hydrogens (tertiary/aromatic N) is 1. The van der Waals surface area contributed by atoms with Crippen LogP contribution in [0.25, 0.3) is 11.1 Å². The zero-order valence-electron chi connectivity index (χ0n) is 11.0. The van der Waals surface area contributed by atoms with Crippen molar-refractivity contribution in [2.45, 2.75) is 6.92 Å². The van der Waals surface area contributed by atoms with Gasteiger partial charge in [0.05, 0.1) is 4.92 Å². The van der Waals surface area contributed by atoms with Gasteiger partial charge in [-0.3, -0.25) is 15.4 Å². The van der Waals surface area contributed by atoms with Crippen molar-refractivity contribution in [2.75, 3.05) is 5.32 Å². The second kappa shape index (κ2) is 5.58. The van der Waals surface area contributed by atoms with Crippen LogP contribution in [0.3, 0.4) is 0 Å². The minimum atomic E-state index is -1.39. The molecule has 0 radical (unpaired) electrons. The molecule has 0 atom stereocenters. The zero-order chi connectivity index (χ0) is 15.6. The summed E-state index contributed by atoms with van der Waals surface area (Å²) in [6.07, 6.45) is -1.39. The van der Waals surface area contributed by atoms with E-state index in [0.717, 1.165) is 0 Å². The molecule has 2 N–H and O–H groups in total. The third-order valence-electron chi connectivity index (χ3n) is 2.94. The molecule has 0 aliphatic rings. The molecule has 7 heteroatoms. The number of hydrogen-bond acceptors (Lipinski definition) is 3. The number of nitrogens with one attached hydrogen (secondary N) is 1. The number of anilines is 1. The fourth-order valence-electron chi connectivity index (χ4n) is 2.02. The zero-order valence-corrected chi connectivity index (χ0v) is 11.0. The van der Waals surface area contributed by atoms with Gasteiger partial charge in [0.1, 0.15) is 11.5 Å². The van der Waals surface area contributed by atoms with Gasteiger partial charge in [-0.25, -0.2) is 9.18 Å². The highest BCUT2D eigenvalue weighted by Gasteiger charge is 2.17. The fourth-order valence-corrected chi connectivity index (χ4v) is 2.02. The van der Waals surface area contributed by atoms with Crippen molar-refractivity contribution < 1.29 is 19.2 Å². The van der Waals surface area contributed by atoms with Crippen molar-refractivity contribution in [1.29, 1.82) is 0 Å². The average molecular weight is 290 g/mol. The van der Waals surface area contributed by atoms with Crippen LogP contribution in [0.4, 0.5) is 20.6 Å². The number of nitro groups is 1. The van der Waals surface area contributed by atoms with Crippen molar-refractivity contribution in [3.05, 3.63) is 57.9 Å². The first-order valence-electron chi connectivity index (χ1n) is 5.93. The van der Waals surface area contributed by atoms with E-state index in [0.29, 0.717) is 16.7 Å². The lowest BCUT2D eigenvalue weighted by atomic mass is 9.99. The van der Waals surface area contributed by atoms with Crippen LogP contribution in [0, 0.1) is 22.9 Å². The Morgan fingerprint density at radius 1 is 1.29 bits per heavy atom. The minimum Gasteiger partial charge on any atom is -0.465 e. The highest BCUT2D eigenvalue weighted by Crippen LogP contribution is 2.32. The first-order chi connectivity index (χ1) is 9.88. The highest BCUT2D eigenvalue weighted by atomic mass is 19.1. The van der Waals surface area contributed by atoms with Crippen molar-refractivity contribution in [3.8, 4) is 11.1 Å². The molecule has 0 saturated carbocycles. The third-order valence-corrected chi connectivity index (χ3v) is 2.94. The molecule has 108 valence electrons. The van der Waals surface area contributed by atoms with Crippen LogP contribution < -0.4 is 5.32 Å². The molecule has 2 aromatic rings. The lowest BCUT2D eigenvalue weighted by Gasteiger charge is -2.08. The van der Waals surface area contributed by atoms with Gasteiger partial charge in [0.25, 0.3) is 5.69 Å². The predicted octanol–water partition coefficient (Wildman–Crippen LogP) is 3.80. The van der Waals surface area contributed by atoms with E-state index >= 15 is 0 Å². The number of carbonyl (C=O) groups is 1. The van der Waals surface area contributed by atoms with E-state index in [1.54, 1.807) is 13.0 Å². The van der Waals surface area contributed by atoms with Crippen molar-refractivity contribution in [2.24, 2.45) is 0 Å². The number of halogens is 1. The van der Waals surface area contributed by atoms with Gasteiger partial charge in [-0.15, -0.1) is 0 Å². The maximum absolute atomic E-state index is 13.1. The lowest BCUT2D eigenvalue weighted by molar-refractivity contribution is -0.383. The van der Waals surface area contributed by atoms with Crippen LogP contribution in [0.5, 0.6) is 0 Å². The van der Waals surface area contributed by atoms with Gasteiger partial charge < -0.3 is 5.11 Å². The average Bonchev–Trinajstić information content (AvgIpc) is 2.38. The Bertz CT molecular complexity index is 731. The SMILES string of the molecule is Cc1cc(F)ccc1-c1ccc(NC(=O)O)c([N+](=O)[O-])c1. The molecule has 0 unspecified atom stereocenters. The molecule has 0 heterocycles. The van der Waals surface area contributed by atoms with Gasteiger partial charge in [0.2, 0.25) is 0 Å². The van der Waals surface area contributed by atoms with E-state index < -0.39 is 16.8 Å². The highest BCUT2D eigenvalue weighted by molar-refractivity contribution is 5.88. The van der Waals surface area contributed by atoms with Gasteiger partial charge >= 0.3 is 6.09 Å². The smallest absolute Gasteiger partial charge is 0.409 e. The summed E-state index contributed by atoms with van der Waals surface area (Å²) in [4.78, 5) is 21.0. The second-order valence-electron chi connectivity index (χ2n) is 4.38. The Labute approximate surface area is 119 Å². The first-order valence-corrected chi connectivity index (χ1v) is 5.93. The fraction of sp³-hybridized carbons (Fsp3) is 0.0714. The van der Waals surface area contributed by atoms with Crippen LogP contribution in [0.2, 0.25) is 0 Å². The number of hydrogen-bond donors (Lipinski definition) is 2. The van der Waals surface area contributed by atoms with Crippen molar-refractivity contribution in [1.82, 2.24) is 0 Å². The Balaban J connectivity index is 2.53. The number of aryl methyl sites for hydroxylation is 1. The summed E-state index contributed by atoms with van der Waals surface area (Å²) in [5, 5.41) is 21.7. The molecule has 6 nitrogen and oxygen atoms in total. The molecule has 21 heavy (non-hydrogen) atoms. The summed E-state index contributed by atoms with van der Waals surface area (Å²) in [5.41, 5.74) is 1.30. The quantitative estimate of drug-likeness (QED) is 0.664. The molecule has 0 aromatic heterocycles. The maximum atomic E-state index is 13.1. The molecule has 0 fully saturated rings. The molecule has 0 aliphatic heterocycles. The predicted molar refractivity (Wildman–Crippen MR) is 74.9 cm³/mol. The molecule has 0 spiro atoms. The molecule has 2 rings (SSSR count). The van der Waals surface area contributed by atoms with Crippen LogP contribution in [0.15, 0.2) is 36.4 Å². The number of rotatable bonds is 3. The van der Waals surface area contributed by atoms with Crippen LogP contribution in [-0.2, 0) is 0 Å². The largest absolute Gasteiger partial charge is 0.465 e. The molecule has 0 aliphatic carbocycles. The third kappa shape index (κ3) is 3.14. The maximum Gasteiger partial charge on any atom is 0.409 e. The monoisotopic (exact) mass is 290 g/mol. The molecule has 0 saturated heterocycles. The number of carboxylic acid groups (broad SMARTS) is 1. The Kier molecular flexibility index (Phi) is 3.84. The van der Waals surface area contributed by atoms with E-state index in [9.17, 15) is 19.3 Å². The molecular formula is C14H11FN2O4. The lowest BCUT2D eigenvalue weighted by Crippen LogP contribution is -2.09. The Morgan fingerprint density at radius 3 is 2.57 bits per heavy atom. The van der Waals surface area contributed by atoms with E-state index in [1.807, 2.05) is 5.32 Å². The Morgan fingerprint density at radius 2 is 2.00 bits per heavy atom. The van der Waals surface area contributed by atoms with Gasteiger partial charge in [0, 0.05) is 6.07 Å². The summed E-state index contributed by atoms with van der Waals surface area (Å²) in [7, 11) is 0. The van der Waals surface area contributed by atoms with E-state index in [1.165, 1.54) is 30.3 Å². The summed E-state index contributed by atoms with van der Waals surface area (Å²) in [5.74, 6) is -0.394. The number of nitro benzene ring substituents is 1. The number of benzene rings is 2. The molecule has 1 amide bonds.